The third-order valence-electron chi connectivity index (χ3n) is 3.52. The van der Waals surface area contributed by atoms with Crippen LogP contribution in [0.5, 0.6) is 0 Å². The maximum Gasteiger partial charge on any atom is 0.0483 e. The molecule has 1 aromatic heterocycles. The Hall–Kier alpha value is -1.28. The van der Waals surface area contributed by atoms with Crippen molar-refractivity contribution < 1.29 is 0 Å². The third-order valence-corrected chi connectivity index (χ3v) is 3.52. The monoisotopic (exact) mass is 230 g/mol. The molecular formula is C15H22N2. The molecule has 2 heteroatoms. The maximum absolute atomic E-state index is 3.29. The molecule has 1 atom stereocenters. The van der Waals surface area contributed by atoms with Crippen LogP contribution in [0.15, 0.2) is 24.4 Å². The lowest BCUT2D eigenvalue weighted by atomic mass is 10.0. The second-order valence-electron chi connectivity index (χ2n) is 4.84. The zero-order valence-electron chi connectivity index (χ0n) is 11.2. The average Bonchev–Trinajstić information content (AvgIpc) is 2.66. The minimum atomic E-state index is 0.529. The summed E-state index contributed by atoms with van der Waals surface area (Å²) in [7, 11) is 2.02. The van der Waals surface area contributed by atoms with Crippen molar-refractivity contribution in [2.24, 2.45) is 0 Å². The number of nitrogens with zero attached hydrogens (tertiary/aromatic N) is 1. The molecule has 2 aromatic rings. The Morgan fingerprint density at radius 1 is 1.35 bits per heavy atom. The molecule has 0 saturated heterocycles. The number of nitrogens with one attached hydrogen (secondary N) is 1. The molecule has 0 aliphatic carbocycles. The second-order valence-corrected chi connectivity index (χ2v) is 4.84. The summed E-state index contributed by atoms with van der Waals surface area (Å²) in [5, 5.41) is 4.68. The van der Waals surface area contributed by atoms with Gasteiger partial charge in [-0.1, -0.05) is 6.07 Å². The highest BCUT2D eigenvalue weighted by molar-refractivity contribution is 5.84. The van der Waals surface area contributed by atoms with Crippen LogP contribution in [0.3, 0.4) is 0 Å². The summed E-state index contributed by atoms with van der Waals surface area (Å²) in [6.07, 6.45) is 3.33. The van der Waals surface area contributed by atoms with Gasteiger partial charge < -0.3 is 9.88 Å². The Labute approximate surface area is 104 Å². The van der Waals surface area contributed by atoms with E-state index in [0.717, 1.165) is 13.0 Å². The van der Waals surface area contributed by atoms with Gasteiger partial charge in [0.05, 0.1) is 0 Å². The highest BCUT2D eigenvalue weighted by atomic mass is 14.9. The molecule has 17 heavy (non-hydrogen) atoms. The molecule has 0 spiro atoms. The van der Waals surface area contributed by atoms with Crippen molar-refractivity contribution >= 4 is 10.9 Å². The van der Waals surface area contributed by atoms with Crippen molar-refractivity contribution in [3.05, 3.63) is 35.5 Å². The number of benzene rings is 1. The van der Waals surface area contributed by atoms with Crippen LogP contribution in [0.1, 0.15) is 25.0 Å². The molecule has 92 valence electrons. The average molecular weight is 230 g/mol. The fourth-order valence-electron chi connectivity index (χ4n) is 2.37. The number of hydrogen-bond donors (Lipinski definition) is 1. The van der Waals surface area contributed by atoms with Crippen LogP contribution in [-0.2, 0) is 13.0 Å². The first-order valence-corrected chi connectivity index (χ1v) is 6.41. The van der Waals surface area contributed by atoms with Crippen molar-refractivity contribution in [2.75, 3.05) is 7.05 Å². The van der Waals surface area contributed by atoms with Crippen molar-refractivity contribution in [3.63, 3.8) is 0 Å². The van der Waals surface area contributed by atoms with Crippen LogP contribution in [0.25, 0.3) is 10.9 Å². The fraction of sp³-hybridized carbons (Fsp3) is 0.467. The molecule has 1 N–H and O–H groups in total. The van der Waals surface area contributed by atoms with E-state index < -0.39 is 0 Å². The first-order valence-electron chi connectivity index (χ1n) is 6.41. The van der Waals surface area contributed by atoms with Crippen LogP contribution in [0, 0.1) is 6.92 Å². The largest absolute Gasteiger partial charge is 0.347 e. The van der Waals surface area contributed by atoms with Gasteiger partial charge in [0.1, 0.15) is 0 Å². The lowest BCUT2D eigenvalue weighted by Crippen LogP contribution is -2.23. The summed E-state index contributed by atoms with van der Waals surface area (Å²) < 4.78 is 2.32. The molecule has 0 aliphatic heterocycles. The summed E-state index contributed by atoms with van der Waals surface area (Å²) in [5.41, 5.74) is 4.14. The highest BCUT2D eigenvalue weighted by Gasteiger charge is 2.06. The summed E-state index contributed by atoms with van der Waals surface area (Å²) in [5.74, 6) is 0. The van der Waals surface area contributed by atoms with E-state index in [-0.39, 0.29) is 0 Å². The number of rotatable bonds is 4. The van der Waals surface area contributed by atoms with E-state index in [1.54, 1.807) is 0 Å². The minimum Gasteiger partial charge on any atom is -0.347 e. The molecule has 2 nitrogen and oxygen atoms in total. The molecule has 2 rings (SSSR count). The van der Waals surface area contributed by atoms with Crippen LogP contribution in [-0.4, -0.2) is 17.7 Å². The van der Waals surface area contributed by atoms with Gasteiger partial charge in [-0.15, -0.1) is 0 Å². The molecular weight excluding hydrogens is 208 g/mol. The standard InChI is InChI=1S/C15H22N2/c1-5-17-10-11(2)14-9-13(6-7-15(14)17)8-12(3)16-4/h6-7,9-10,12,16H,5,8H2,1-4H3. The van der Waals surface area contributed by atoms with E-state index in [4.69, 9.17) is 0 Å². The summed E-state index contributed by atoms with van der Waals surface area (Å²) in [6.45, 7) is 7.64. The minimum absolute atomic E-state index is 0.529. The van der Waals surface area contributed by atoms with Crippen LogP contribution in [0.4, 0.5) is 0 Å². The topological polar surface area (TPSA) is 17.0 Å². The van der Waals surface area contributed by atoms with Gasteiger partial charge in [-0.05, 0) is 57.5 Å². The Morgan fingerprint density at radius 2 is 2.12 bits per heavy atom. The molecule has 0 amide bonds. The highest BCUT2D eigenvalue weighted by Crippen LogP contribution is 2.22. The summed E-state index contributed by atoms with van der Waals surface area (Å²) in [6, 6.07) is 7.37. The smallest absolute Gasteiger partial charge is 0.0483 e. The SMILES string of the molecule is CCn1cc(C)c2cc(CC(C)NC)ccc21. The molecule has 0 aliphatic rings. The predicted octanol–water partition coefficient (Wildman–Crippen LogP) is 3.12. The van der Waals surface area contributed by atoms with Gasteiger partial charge in [0.2, 0.25) is 0 Å². The Balaban J connectivity index is 2.40. The molecule has 0 saturated carbocycles. The van der Waals surface area contributed by atoms with Gasteiger partial charge in [0, 0.05) is 29.7 Å². The molecule has 1 heterocycles. The molecule has 1 unspecified atom stereocenters. The normalized spacial score (nSPS) is 13.2. The Morgan fingerprint density at radius 3 is 2.76 bits per heavy atom. The van der Waals surface area contributed by atoms with Crippen molar-refractivity contribution in [2.45, 2.75) is 39.8 Å². The van der Waals surface area contributed by atoms with E-state index in [0.29, 0.717) is 6.04 Å². The van der Waals surface area contributed by atoms with Crippen molar-refractivity contribution in [3.8, 4) is 0 Å². The molecule has 0 fully saturated rings. The van der Waals surface area contributed by atoms with Crippen LogP contribution in [0.2, 0.25) is 0 Å². The molecule has 0 radical (unpaired) electrons. The van der Waals surface area contributed by atoms with E-state index in [9.17, 15) is 0 Å². The number of fused-ring (bicyclic) bond motifs is 1. The van der Waals surface area contributed by atoms with E-state index in [1.807, 2.05) is 7.05 Å². The molecule has 1 aromatic carbocycles. The quantitative estimate of drug-likeness (QED) is 0.854. The third kappa shape index (κ3) is 2.37. The lowest BCUT2D eigenvalue weighted by molar-refractivity contribution is 0.609. The van der Waals surface area contributed by atoms with Gasteiger partial charge >= 0.3 is 0 Å². The lowest BCUT2D eigenvalue weighted by Gasteiger charge is -2.10. The predicted molar refractivity (Wildman–Crippen MR) is 74.6 cm³/mol. The zero-order chi connectivity index (χ0) is 12.4. The van der Waals surface area contributed by atoms with Gasteiger partial charge in [0.25, 0.3) is 0 Å². The number of aromatic nitrogens is 1. The fourth-order valence-corrected chi connectivity index (χ4v) is 2.37. The maximum atomic E-state index is 3.29. The van der Waals surface area contributed by atoms with E-state index in [1.165, 1.54) is 22.0 Å². The van der Waals surface area contributed by atoms with E-state index in [2.05, 4.69) is 55.1 Å². The summed E-state index contributed by atoms with van der Waals surface area (Å²) >= 11 is 0. The van der Waals surface area contributed by atoms with Crippen molar-refractivity contribution in [1.29, 1.82) is 0 Å². The number of hydrogen-bond acceptors (Lipinski definition) is 1. The number of likely N-dealkylation sites (N-methyl/N-ethyl adjacent to an activating group) is 1. The van der Waals surface area contributed by atoms with Gasteiger partial charge in [0.15, 0.2) is 0 Å². The number of aryl methyl sites for hydroxylation is 2. The Kier molecular flexibility index (Phi) is 3.53. The van der Waals surface area contributed by atoms with Crippen LogP contribution >= 0.6 is 0 Å². The second kappa shape index (κ2) is 4.92. The van der Waals surface area contributed by atoms with E-state index >= 15 is 0 Å². The first kappa shape index (κ1) is 12.2. The zero-order valence-corrected chi connectivity index (χ0v) is 11.2. The van der Waals surface area contributed by atoms with Crippen LogP contribution < -0.4 is 5.32 Å². The first-order chi connectivity index (χ1) is 8.15. The van der Waals surface area contributed by atoms with Crippen molar-refractivity contribution in [1.82, 2.24) is 9.88 Å². The van der Waals surface area contributed by atoms with Gasteiger partial charge in [-0.25, -0.2) is 0 Å². The van der Waals surface area contributed by atoms with Gasteiger partial charge in [-0.3, -0.25) is 0 Å². The summed E-state index contributed by atoms with van der Waals surface area (Å²) in [4.78, 5) is 0. The molecule has 0 bridgehead atoms. The Bertz CT molecular complexity index is 511. The van der Waals surface area contributed by atoms with Gasteiger partial charge in [-0.2, -0.15) is 0 Å².